The predicted octanol–water partition coefficient (Wildman–Crippen LogP) is 3.32. The molecule has 5 nitrogen and oxygen atoms in total. The van der Waals surface area contributed by atoms with Crippen molar-refractivity contribution in [2.75, 3.05) is 6.54 Å². The van der Waals surface area contributed by atoms with Crippen molar-refractivity contribution >= 4 is 17.1 Å². The number of carbonyl (C=O) groups excluding carboxylic acids is 1. The number of rotatable bonds is 6. The number of hydrogen-bond acceptors (Lipinski definition) is 3. The molecule has 0 saturated heterocycles. The van der Waals surface area contributed by atoms with Gasteiger partial charge in [0, 0.05) is 31.3 Å². The van der Waals surface area contributed by atoms with E-state index in [-0.39, 0.29) is 5.91 Å². The van der Waals surface area contributed by atoms with Gasteiger partial charge in [0.2, 0.25) is 5.91 Å². The van der Waals surface area contributed by atoms with Crippen LogP contribution in [0.15, 0.2) is 42.6 Å². The van der Waals surface area contributed by atoms with Gasteiger partial charge in [0.25, 0.3) is 0 Å². The number of pyridine rings is 1. The summed E-state index contributed by atoms with van der Waals surface area (Å²) in [4.78, 5) is 20.6. The Morgan fingerprint density at radius 1 is 1.21 bits per heavy atom. The van der Waals surface area contributed by atoms with Crippen molar-refractivity contribution in [2.24, 2.45) is 0 Å². The van der Waals surface area contributed by atoms with Crippen molar-refractivity contribution in [1.82, 2.24) is 19.9 Å². The summed E-state index contributed by atoms with van der Waals surface area (Å²) in [5.74, 6) is 1.01. The third-order valence-electron chi connectivity index (χ3n) is 4.02. The van der Waals surface area contributed by atoms with Gasteiger partial charge >= 0.3 is 0 Å². The molecule has 1 amide bonds. The standard InChI is InChI=1S/C19H22N4O/c1-3-17(24)20-12-5-13-23-18(15-9-7-14(2)8-10-15)22-16-6-4-11-21-19(16)23/h4,6-11H,3,5,12-13H2,1-2H3,(H,20,24). The average molecular weight is 322 g/mol. The number of imidazole rings is 1. The largest absolute Gasteiger partial charge is 0.356 e. The second-order valence-corrected chi connectivity index (χ2v) is 5.86. The SMILES string of the molecule is CCC(=O)NCCCn1c(-c2ccc(C)cc2)nc2cccnc21. The summed E-state index contributed by atoms with van der Waals surface area (Å²) in [7, 11) is 0. The summed E-state index contributed by atoms with van der Waals surface area (Å²) in [6, 6.07) is 12.2. The van der Waals surface area contributed by atoms with Crippen LogP contribution in [-0.4, -0.2) is 27.0 Å². The number of amides is 1. The van der Waals surface area contributed by atoms with E-state index in [9.17, 15) is 4.79 Å². The molecule has 0 fully saturated rings. The fourth-order valence-corrected chi connectivity index (χ4v) is 2.68. The molecule has 3 rings (SSSR count). The van der Waals surface area contributed by atoms with Crippen molar-refractivity contribution in [3.8, 4) is 11.4 Å². The molecule has 124 valence electrons. The smallest absolute Gasteiger partial charge is 0.219 e. The Labute approximate surface area is 141 Å². The molecule has 0 aliphatic rings. The molecule has 1 N–H and O–H groups in total. The van der Waals surface area contributed by atoms with Crippen LogP contribution in [0.5, 0.6) is 0 Å². The minimum atomic E-state index is 0.0855. The van der Waals surface area contributed by atoms with Gasteiger partial charge in [-0.25, -0.2) is 9.97 Å². The van der Waals surface area contributed by atoms with E-state index in [4.69, 9.17) is 4.98 Å². The topological polar surface area (TPSA) is 59.8 Å². The Hall–Kier alpha value is -2.69. The third kappa shape index (κ3) is 3.45. The Balaban J connectivity index is 1.88. The summed E-state index contributed by atoms with van der Waals surface area (Å²) >= 11 is 0. The lowest BCUT2D eigenvalue weighted by molar-refractivity contribution is -0.120. The Morgan fingerprint density at radius 3 is 2.75 bits per heavy atom. The molecule has 0 radical (unpaired) electrons. The van der Waals surface area contributed by atoms with Crippen molar-refractivity contribution in [2.45, 2.75) is 33.2 Å². The molecular formula is C19H22N4O. The van der Waals surface area contributed by atoms with E-state index in [0.29, 0.717) is 13.0 Å². The number of nitrogens with one attached hydrogen (secondary N) is 1. The molecule has 2 aromatic heterocycles. The molecule has 0 aliphatic heterocycles. The molecule has 0 spiro atoms. The van der Waals surface area contributed by atoms with E-state index in [1.54, 1.807) is 6.20 Å². The van der Waals surface area contributed by atoms with Crippen molar-refractivity contribution in [3.63, 3.8) is 0 Å². The number of carbonyl (C=O) groups is 1. The van der Waals surface area contributed by atoms with Crippen LogP contribution < -0.4 is 5.32 Å². The average Bonchev–Trinajstić information content (AvgIpc) is 2.98. The zero-order valence-corrected chi connectivity index (χ0v) is 14.1. The lowest BCUT2D eigenvalue weighted by Crippen LogP contribution is -2.24. The quantitative estimate of drug-likeness (QED) is 0.708. The van der Waals surface area contributed by atoms with Gasteiger partial charge in [0.1, 0.15) is 11.3 Å². The number of benzene rings is 1. The monoisotopic (exact) mass is 322 g/mol. The van der Waals surface area contributed by atoms with Gasteiger partial charge in [-0.15, -0.1) is 0 Å². The Kier molecular flexibility index (Phi) is 4.89. The van der Waals surface area contributed by atoms with Crippen LogP contribution in [-0.2, 0) is 11.3 Å². The van der Waals surface area contributed by atoms with Crippen LogP contribution in [0.25, 0.3) is 22.6 Å². The molecular weight excluding hydrogens is 300 g/mol. The zero-order valence-electron chi connectivity index (χ0n) is 14.1. The van der Waals surface area contributed by atoms with Crippen LogP contribution in [0.4, 0.5) is 0 Å². The van der Waals surface area contributed by atoms with E-state index in [0.717, 1.165) is 35.5 Å². The van der Waals surface area contributed by atoms with Gasteiger partial charge in [0.05, 0.1) is 0 Å². The molecule has 0 atom stereocenters. The van der Waals surface area contributed by atoms with Crippen LogP contribution in [0.3, 0.4) is 0 Å². The van der Waals surface area contributed by atoms with E-state index in [1.807, 2.05) is 19.1 Å². The molecule has 2 heterocycles. The number of aryl methyl sites for hydroxylation is 2. The van der Waals surface area contributed by atoms with Crippen LogP contribution in [0, 0.1) is 6.92 Å². The van der Waals surface area contributed by atoms with E-state index >= 15 is 0 Å². The fourth-order valence-electron chi connectivity index (χ4n) is 2.68. The van der Waals surface area contributed by atoms with Crippen molar-refractivity contribution in [1.29, 1.82) is 0 Å². The molecule has 0 aliphatic carbocycles. The molecule has 24 heavy (non-hydrogen) atoms. The van der Waals surface area contributed by atoms with Gasteiger partial charge in [-0.3, -0.25) is 4.79 Å². The van der Waals surface area contributed by atoms with Crippen LogP contribution in [0.1, 0.15) is 25.3 Å². The van der Waals surface area contributed by atoms with E-state index in [2.05, 4.69) is 46.1 Å². The first-order valence-corrected chi connectivity index (χ1v) is 8.34. The van der Waals surface area contributed by atoms with Gasteiger partial charge in [-0.2, -0.15) is 0 Å². The molecule has 5 heteroatoms. The normalized spacial score (nSPS) is 10.9. The highest BCUT2D eigenvalue weighted by Gasteiger charge is 2.13. The molecule has 1 aromatic carbocycles. The summed E-state index contributed by atoms with van der Waals surface area (Å²) in [5.41, 5.74) is 4.08. The second-order valence-electron chi connectivity index (χ2n) is 5.86. The highest BCUT2D eigenvalue weighted by Crippen LogP contribution is 2.24. The molecule has 3 aromatic rings. The summed E-state index contributed by atoms with van der Waals surface area (Å²) in [6.07, 6.45) is 3.15. The Morgan fingerprint density at radius 2 is 2.00 bits per heavy atom. The summed E-state index contributed by atoms with van der Waals surface area (Å²) in [5, 5.41) is 2.92. The van der Waals surface area contributed by atoms with Gasteiger partial charge in [-0.05, 0) is 25.5 Å². The lowest BCUT2D eigenvalue weighted by Gasteiger charge is -2.09. The maximum absolute atomic E-state index is 11.4. The van der Waals surface area contributed by atoms with Crippen LogP contribution >= 0.6 is 0 Å². The van der Waals surface area contributed by atoms with E-state index in [1.165, 1.54) is 5.56 Å². The van der Waals surface area contributed by atoms with Gasteiger partial charge < -0.3 is 9.88 Å². The highest BCUT2D eigenvalue weighted by atomic mass is 16.1. The maximum Gasteiger partial charge on any atom is 0.219 e. The van der Waals surface area contributed by atoms with Crippen LogP contribution in [0.2, 0.25) is 0 Å². The second kappa shape index (κ2) is 7.25. The van der Waals surface area contributed by atoms with E-state index < -0.39 is 0 Å². The number of fused-ring (bicyclic) bond motifs is 1. The molecule has 0 unspecified atom stereocenters. The maximum atomic E-state index is 11.4. The number of hydrogen-bond donors (Lipinski definition) is 1. The molecule has 0 saturated carbocycles. The summed E-state index contributed by atoms with van der Waals surface area (Å²) < 4.78 is 2.14. The van der Waals surface area contributed by atoms with Crippen molar-refractivity contribution < 1.29 is 4.79 Å². The first kappa shape index (κ1) is 16.2. The molecule has 0 bridgehead atoms. The summed E-state index contributed by atoms with van der Waals surface area (Å²) in [6.45, 7) is 5.36. The zero-order chi connectivity index (χ0) is 16.9. The first-order chi connectivity index (χ1) is 11.7. The lowest BCUT2D eigenvalue weighted by atomic mass is 10.1. The predicted molar refractivity (Wildman–Crippen MR) is 95.6 cm³/mol. The third-order valence-corrected chi connectivity index (χ3v) is 4.02. The van der Waals surface area contributed by atoms with Crippen molar-refractivity contribution in [3.05, 3.63) is 48.2 Å². The minimum Gasteiger partial charge on any atom is -0.356 e. The minimum absolute atomic E-state index is 0.0855. The Bertz CT molecular complexity index is 836. The number of nitrogens with zero attached hydrogens (tertiary/aromatic N) is 3. The first-order valence-electron chi connectivity index (χ1n) is 8.34. The fraction of sp³-hybridized carbons (Fsp3) is 0.316. The van der Waals surface area contributed by atoms with Gasteiger partial charge in [-0.1, -0.05) is 36.8 Å². The number of aromatic nitrogens is 3. The highest BCUT2D eigenvalue weighted by molar-refractivity contribution is 5.77. The van der Waals surface area contributed by atoms with Gasteiger partial charge in [0.15, 0.2) is 5.65 Å².